The van der Waals surface area contributed by atoms with E-state index in [-0.39, 0.29) is 12.5 Å². The molecule has 0 bridgehead atoms. The van der Waals surface area contributed by atoms with Gasteiger partial charge in [-0.25, -0.2) is 0 Å². The lowest BCUT2D eigenvalue weighted by molar-refractivity contribution is -0.118. The lowest BCUT2D eigenvalue weighted by Crippen LogP contribution is -2.36. The number of nitrogens with one attached hydrogen (secondary N) is 1. The summed E-state index contributed by atoms with van der Waals surface area (Å²) in [6.45, 7) is 6.70. The summed E-state index contributed by atoms with van der Waals surface area (Å²) in [7, 11) is 0. The quantitative estimate of drug-likeness (QED) is 0.891. The first kappa shape index (κ1) is 16.7. The Labute approximate surface area is 144 Å². The Morgan fingerprint density at radius 3 is 2.92 bits per heavy atom. The second-order valence-electron chi connectivity index (χ2n) is 5.58. The third-order valence-electron chi connectivity index (χ3n) is 3.97. The Balaban J connectivity index is 1.59. The van der Waals surface area contributed by atoms with E-state index in [1.807, 2.05) is 32.0 Å². The summed E-state index contributed by atoms with van der Waals surface area (Å²) in [4.78, 5) is 14.2. The minimum absolute atomic E-state index is 0.101. The van der Waals surface area contributed by atoms with Gasteiger partial charge >= 0.3 is 0 Å². The van der Waals surface area contributed by atoms with Crippen molar-refractivity contribution in [3.05, 3.63) is 29.3 Å². The summed E-state index contributed by atoms with van der Waals surface area (Å²) in [5.74, 6) is 0.866. The third-order valence-corrected chi connectivity index (χ3v) is 4.47. The zero-order valence-electron chi connectivity index (χ0n) is 13.7. The number of ether oxygens (including phenoxy) is 2. The van der Waals surface area contributed by atoms with E-state index in [1.165, 1.54) is 0 Å². The fraction of sp³-hybridized carbons (Fsp3) is 0.438. The SMILES string of the molecule is Cc1cccc(NC(=O)COc2nsnc2N2CCOCC2)c1C. The van der Waals surface area contributed by atoms with Gasteiger partial charge in [-0.3, -0.25) is 4.79 Å². The Morgan fingerprint density at radius 1 is 1.33 bits per heavy atom. The summed E-state index contributed by atoms with van der Waals surface area (Å²) in [5, 5.41) is 2.87. The van der Waals surface area contributed by atoms with Gasteiger partial charge in [0.1, 0.15) is 0 Å². The molecule has 24 heavy (non-hydrogen) atoms. The van der Waals surface area contributed by atoms with Gasteiger partial charge in [0, 0.05) is 18.8 Å². The van der Waals surface area contributed by atoms with Gasteiger partial charge in [0.05, 0.1) is 24.9 Å². The topological polar surface area (TPSA) is 76.6 Å². The highest BCUT2D eigenvalue weighted by Gasteiger charge is 2.20. The molecule has 1 N–H and O–H groups in total. The standard InChI is InChI=1S/C16H20N4O3S/c1-11-4-3-5-13(12(11)2)17-14(21)10-23-16-15(18-24-19-16)20-6-8-22-9-7-20/h3-5H,6-10H2,1-2H3,(H,17,21). The zero-order chi connectivity index (χ0) is 16.9. The van der Waals surface area contributed by atoms with Gasteiger partial charge in [-0.1, -0.05) is 12.1 Å². The van der Waals surface area contributed by atoms with Crippen molar-refractivity contribution in [2.45, 2.75) is 13.8 Å². The highest BCUT2D eigenvalue weighted by atomic mass is 32.1. The van der Waals surface area contributed by atoms with Gasteiger partial charge in [-0.15, -0.1) is 4.37 Å². The van der Waals surface area contributed by atoms with Crippen molar-refractivity contribution in [1.29, 1.82) is 0 Å². The summed E-state index contributed by atoms with van der Waals surface area (Å²) in [5.41, 5.74) is 2.98. The van der Waals surface area contributed by atoms with Crippen molar-refractivity contribution in [3.8, 4) is 5.88 Å². The van der Waals surface area contributed by atoms with Crippen LogP contribution in [0.4, 0.5) is 11.5 Å². The number of aryl methyl sites for hydroxylation is 1. The summed E-state index contributed by atoms with van der Waals surface area (Å²) >= 11 is 1.08. The number of hydrogen-bond donors (Lipinski definition) is 1. The second-order valence-corrected chi connectivity index (χ2v) is 6.11. The average Bonchev–Trinajstić information content (AvgIpc) is 3.06. The molecule has 0 aliphatic carbocycles. The predicted octanol–water partition coefficient (Wildman–Crippen LogP) is 2.01. The van der Waals surface area contributed by atoms with Crippen molar-refractivity contribution >= 4 is 29.1 Å². The molecular formula is C16H20N4O3S. The number of rotatable bonds is 5. The number of aromatic nitrogens is 2. The fourth-order valence-electron chi connectivity index (χ4n) is 2.44. The molecule has 0 saturated carbocycles. The van der Waals surface area contributed by atoms with Crippen LogP contribution in [0, 0.1) is 13.8 Å². The van der Waals surface area contributed by atoms with Crippen LogP contribution in [0.25, 0.3) is 0 Å². The van der Waals surface area contributed by atoms with Crippen LogP contribution < -0.4 is 15.0 Å². The van der Waals surface area contributed by atoms with Gasteiger partial charge in [-0.05, 0) is 31.0 Å². The molecule has 1 aromatic heterocycles. The molecule has 1 aliphatic heterocycles. The van der Waals surface area contributed by atoms with Crippen LogP contribution in [-0.2, 0) is 9.53 Å². The molecule has 0 spiro atoms. The van der Waals surface area contributed by atoms with E-state index in [9.17, 15) is 4.79 Å². The van der Waals surface area contributed by atoms with E-state index in [4.69, 9.17) is 9.47 Å². The van der Waals surface area contributed by atoms with Crippen molar-refractivity contribution in [2.24, 2.45) is 0 Å². The molecule has 1 fully saturated rings. The molecule has 0 atom stereocenters. The van der Waals surface area contributed by atoms with Crippen molar-refractivity contribution < 1.29 is 14.3 Å². The Kier molecular flexibility index (Phi) is 5.27. The highest BCUT2D eigenvalue weighted by molar-refractivity contribution is 6.99. The fourth-order valence-corrected chi connectivity index (χ4v) is 2.96. The molecular weight excluding hydrogens is 328 g/mol. The van der Waals surface area contributed by atoms with Crippen LogP contribution in [0.15, 0.2) is 18.2 Å². The summed E-state index contributed by atoms with van der Waals surface area (Å²) in [6.07, 6.45) is 0. The predicted molar refractivity (Wildman–Crippen MR) is 93.0 cm³/mol. The first-order valence-electron chi connectivity index (χ1n) is 7.79. The first-order chi connectivity index (χ1) is 11.6. The Bertz CT molecular complexity index is 713. The maximum atomic E-state index is 12.1. The maximum Gasteiger partial charge on any atom is 0.271 e. The first-order valence-corrected chi connectivity index (χ1v) is 8.52. The number of carbonyl (C=O) groups is 1. The van der Waals surface area contributed by atoms with Crippen LogP contribution in [0.2, 0.25) is 0 Å². The summed E-state index contributed by atoms with van der Waals surface area (Å²) in [6, 6.07) is 5.81. The summed E-state index contributed by atoms with van der Waals surface area (Å²) < 4.78 is 19.3. The molecule has 0 unspecified atom stereocenters. The largest absolute Gasteiger partial charge is 0.464 e. The maximum absolute atomic E-state index is 12.1. The number of hydrogen-bond acceptors (Lipinski definition) is 7. The molecule has 1 aromatic carbocycles. The lowest BCUT2D eigenvalue weighted by atomic mass is 10.1. The van der Waals surface area contributed by atoms with E-state index in [1.54, 1.807) is 0 Å². The normalized spacial score (nSPS) is 14.5. The van der Waals surface area contributed by atoms with E-state index >= 15 is 0 Å². The lowest BCUT2D eigenvalue weighted by Gasteiger charge is -2.26. The van der Waals surface area contributed by atoms with Crippen molar-refractivity contribution in [2.75, 3.05) is 43.1 Å². The third kappa shape index (κ3) is 3.82. The second kappa shape index (κ2) is 7.59. The molecule has 128 valence electrons. The van der Waals surface area contributed by atoms with Crippen LogP contribution in [-0.4, -0.2) is 47.6 Å². The molecule has 2 aromatic rings. The average molecular weight is 348 g/mol. The molecule has 8 heteroatoms. The van der Waals surface area contributed by atoms with Crippen LogP contribution in [0.3, 0.4) is 0 Å². The van der Waals surface area contributed by atoms with Gasteiger partial charge in [0.2, 0.25) is 5.82 Å². The number of amides is 1. The van der Waals surface area contributed by atoms with Gasteiger partial charge in [0.25, 0.3) is 11.8 Å². The van der Waals surface area contributed by atoms with Crippen LogP contribution in [0.1, 0.15) is 11.1 Å². The van der Waals surface area contributed by atoms with Crippen molar-refractivity contribution in [1.82, 2.24) is 8.75 Å². The smallest absolute Gasteiger partial charge is 0.271 e. The molecule has 1 saturated heterocycles. The van der Waals surface area contributed by atoms with Crippen LogP contribution in [0.5, 0.6) is 5.88 Å². The van der Waals surface area contributed by atoms with Gasteiger partial charge in [0.15, 0.2) is 6.61 Å². The molecule has 3 rings (SSSR count). The number of carbonyl (C=O) groups excluding carboxylic acids is 1. The monoisotopic (exact) mass is 348 g/mol. The minimum atomic E-state index is -0.218. The molecule has 1 aliphatic rings. The number of nitrogens with zero attached hydrogens (tertiary/aromatic N) is 3. The molecule has 7 nitrogen and oxygen atoms in total. The number of anilines is 2. The Morgan fingerprint density at radius 2 is 2.12 bits per heavy atom. The molecule has 1 amide bonds. The van der Waals surface area contributed by atoms with Crippen LogP contribution >= 0.6 is 11.7 Å². The minimum Gasteiger partial charge on any atom is -0.464 e. The Hall–Kier alpha value is -2.19. The van der Waals surface area contributed by atoms with Crippen molar-refractivity contribution in [3.63, 3.8) is 0 Å². The highest BCUT2D eigenvalue weighted by Crippen LogP contribution is 2.26. The molecule has 2 heterocycles. The van der Waals surface area contributed by atoms with E-state index < -0.39 is 0 Å². The van der Waals surface area contributed by atoms with E-state index in [0.717, 1.165) is 41.6 Å². The number of benzene rings is 1. The van der Waals surface area contributed by atoms with E-state index in [0.29, 0.717) is 24.9 Å². The van der Waals surface area contributed by atoms with Gasteiger partial charge < -0.3 is 19.7 Å². The van der Waals surface area contributed by atoms with Gasteiger partial charge in [-0.2, -0.15) is 4.37 Å². The zero-order valence-corrected chi connectivity index (χ0v) is 14.6. The van der Waals surface area contributed by atoms with E-state index in [2.05, 4.69) is 19.0 Å². The molecule has 0 radical (unpaired) electrons. The number of morpholine rings is 1.